The van der Waals surface area contributed by atoms with E-state index >= 15 is 0 Å². The second-order valence-electron chi connectivity index (χ2n) is 5.11. The van der Waals surface area contributed by atoms with E-state index in [1.807, 2.05) is 0 Å². The zero-order valence-electron chi connectivity index (χ0n) is 11.8. The van der Waals surface area contributed by atoms with Crippen molar-refractivity contribution in [3.8, 4) is 0 Å². The van der Waals surface area contributed by atoms with Gasteiger partial charge in [-0.3, -0.25) is 9.59 Å². The van der Waals surface area contributed by atoms with E-state index in [0.717, 1.165) is 12.8 Å². The molecule has 6 heteroatoms. The fourth-order valence-electron chi connectivity index (χ4n) is 2.40. The number of rotatable bonds is 5. The lowest BCUT2D eigenvalue weighted by atomic mass is 9.97. The molecule has 2 N–H and O–H groups in total. The maximum Gasteiger partial charge on any atom is 0.223 e. The smallest absolute Gasteiger partial charge is 0.223 e. The number of piperidine rings is 1. The first-order valence-electron chi connectivity index (χ1n) is 7.02. The topological polar surface area (TPSA) is 63.4 Å². The van der Waals surface area contributed by atoms with Crippen LogP contribution in [0.2, 0.25) is 0 Å². The number of primary amides is 1. The normalized spacial score (nSPS) is 18.5. The van der Waals surface area contributed by atoms with Crippen molar-refractivity contribution in [3.05, 3.63) is 30.1 Å². The molecule has 2 rings (SSSR count). The van der Waals surface area contributed by atoms with Gasteiger partial charge >= 0.3 is 0 Å². The number of amides is 2. The molecule has 21 heavy (non-hydrogen) atoms. The molecule has 1 saturated heterocycles. The van der Waals surface area contributed by atoms with Crippen molar-refractivity contribution in [1.82, 2.24) is 4.90 Å². The molecule has 4 nitrogen and oxygen atoms in total. The molecule has 1 aromatic carbocycles. The highest BCUT2D eigenvalue weighted by atomic mass is 32.2. The van der Waals surface area contributed by atoms with E-state index in [1.54, 1.807) is 23.1 Å². The van der Waals surface area contributed by atoms with Crippen molar-refractivity contribution in [2.75, 3.05) is 18.8 Å². The fraction of sp³-hybridized carbons (Fsp3) is 0.467. The number of likely N-dealkylation sites (tertiary alicyclic amines) is 1. The number of thioether (sulfide) groups is 1. The maximum atomic E-state index is 13.4. The van der Waals surface area contributed by atoms with Crippen molar-refractivity contribution in [3.63, 3.8) is 0 Å². The van der Waals surface area contributed by atoms with E-state index in [1.165, 1.54) is 17.8 Å². The number of carbonyl (C=O) groups is 2. The van der Waals surface area contributed by atoms with Gasteiger partial charge in [0.1, 0.15) is 5.82 Å². The van der Waals surface area contributed by atoms with Gasteiger partial charge in [0.25, 0.3) is 0 Å². The standard InChI is InChI=1S/C15H19FN2O2S/c16-12-5-1-2-6-13(12)21-9-7-14(19)18-8-3-4-11(10-18)15(17)20/h1-2,5-6,11H,3-4,7-10H2,(H2,17,20). The van der Waals surface area contributed by atoms with E-state index in [4.69, 9.17) is 5.73 Å². The van der Waals surface area contributed by atoms with Crippen LogP contribution in [0.1, 0.15) is 19.3 Å². The van der Waals surface area contributed by atoms with E-state index in [9.17, 15) is 14.0 Å². The zero-order chi connectivity index (χ0) is 15.2. The highest BCUT2D eigenvalue weighted by molar-refractivity contribution is 7.99. The van der Waals surface area contributed by atoms with Gasteiger partial charge in [-0.05, 0) is 25.0 Å². The van der Waals surface area contributed by atoms with Crippen LogP contribution in [0.15, 0.2) is 29.2 Å². The molecular weight excluding hydrogens is 291 g/mol. The molecule has 114 valence electrons. The Kier molecular flexibility index (Phi) is 5.61. The van der Waals surface area contributed by atoms with Crippen LogP contribution >= 0.6 is 11.8 Å². The number of carbonyl (C=O) groups excluding carboxylic acids is 2. The maximum absolute atomic E-state index is 13.4. The second kappa shape index (κ2) is 7.45. The van der Waals surface area contributed by atoms with E-state index in [0.29, 0.717) is 30.2 Å². The van der Waals surface area contributed by atoms with Gasteiger partial charge in [0.2, 0.25) is 11.8 Å². The minimum Gasteiger partial charge on any atom is -0.369 e. The summed E-state index contributed by atoms with van der Waals surface area (Å²) < 4.78 is 13.4. The Balaban J connectivity index is 1.79. The minimum absolute atomic E-state index is 0.00443. The zero-order valence-corrected chi connectivity index (χ0v) is 12.6. The molecule has 0 aromatic heterocycles. The Morgan fingerprint density at radius 1 is 1.38 bits per heavy atom. The monoisotopic (exact) mass is 310 g/mol. The highest BCUT2D eigenvalue weighted by Gasteiger charge is 2.26. The quantitative estimate of drug-likeness (QED) is 0.846. The Labute approximate surface area is 127 Å². The summed E-state index contributed by atoms with van der Waals surface area (Å²) in [4.78, 5) is 25.6. The van der Waals surface area contributed by atoms with Crippen molar-refractivity contribution in [1.29, 1.82) is 0 Å². The van der Waals surface area contributed by atoms with Crippen LogP contribution < -0.4 is 5.73 Å². The van der Waals surface area contributed by atoms with Gasteiger partial charge in [-0.1, -0.05) is 12.1 Å². The number of nitrogens with two attached hydrogens (primary N) is 1. The fourth-order valence-corrected chi connectivity index (χ4v) is 3.28. The first-order valence-corrected chi connectivity index (χ1v) is 8.01. The molecule has 1 aliphatic heterocycles. The SMILES string of the molecule is NC(=O)C1CCCN(C(=O)CCSc2ccccc2F)C1. The van der Waals surface area contributed by atoms with E-state index in [2.05, 4.69) is 0 Å². The highest BCUT2D eigenvalue weighted by Crippen LogP contribution is 2.23. The molecule has 1 heterocycles. The molecule has 2 amide bonds. The van der Waals surface area contributed by atoms with Crippen molar-refractivity contribution < 1.29 is 14.0 Å². The average molecular weight is 310 g/mol. The third kappa shape index (κ3) is 4.46. The van der Waals surface area contributed by atoms with Crippen LogP contribution in [0.4, 0.5) is 4.39 Å². The molecule has 0 bridgehead atoms. The summed E-state index contributed by atoms with van der Waals surface area (Å²) in [5, 5.41) is 0. The summed E-state index contributed by atoms with van der Waals surface area (Å²) in [6.45, 7) is 1.09. The van der Waals surface area contributed by atoms with Crippen molar-refractivity contribution >= 4 is 23.6 Å². The van der Waals surface area contributed by atoms with Gasteiger partial charge in [0.05, 0.1) is 5.92 Å². The van der Waals surface area contributed by atoms with Gasteiger partial charge in [-0.25, -0.2) is 4.39 Å². The lowest BCUT2D eigenvalue weighted by Gasteiger charge is -2.31. The number of hydrogen-bond acceptors (Lipinski definition) is 3. The summed E-state index contributed by atoms with van der Waals surface area (Å²) in [5.74, 6) is -0.306. The van der Waals surface area contributed by atoms with Crippen LogP contribution in [0.3, 0.4) is 0 Å². The van der Waals surface area contributed by atoms with Crippen molar-refractivity contribution in [2.24, 2.45) is 11.7 Å². The summed E-state index contributed by atoms with van der Waals surface area (Å²) in [7, 11) is 0. The predicted molar refractivity (Wildman–Crippen MR) is 80.2 cm³/mol. The van der Waals surface area contributed by atoms with Crippen LogP contribution in [0.25, 0.3) is 0 Å². The van der Waals surface area contributed by atoms with Crippen LogP contribution in [-0.4, -0.2) is 35.6 Å². The Hall–Kier alpha value is -1.56. The Morgan fingerprint density at radius 3 is 2.86 bits per heavy atom. The summed E-state index contributed by atoms with van der Waals surface area (Å²) in [6.07, 6.45) is 1.90. The Bertz CT molecular complexity index is 524. The van der Waals surface area contributed by atoms with Crippen molar-refractivity contribution in [2.45, 2.75) is 24.2 Å². The number of nitrogens with zero attached hydrogens (tertiary/aromatic N) is 1. The van der Waals surface area contributed by atoms with Crippen LogP contribution in [-0.2, 0) is 9.59 Å². The Morgan fingerprint density at radius 2 is 2.14 bits per heavy atom. The molecule has 1 aliphatic rings. The van der Waals surface area contributed by atoms with E-state index in [-0.39, 0.29) is 23.5 Å². The number of halogens is 1. The largest absolute Gasteiger partial charge is 0.369 e. The third-order valence-electron chi connectivity index (χ3n) is 3.59. The lowest BCUT2D eigenvalue weighted by Crippen LogP contribution is -2.44. The second-order valence-corrected chi connectivity index (χ2v) is 6.25. The molecule has 1 fully saturated rings. The summed E-state index contributed by atoms with van der Waals surface area (Å²) >= 11 is 1.33. The van der Waals surface area contributed by atoms with E-state index < -0.39 is 0 Å². The van der Waals surface area contributed by atoms with Gasteiger partial charge < -0.3 is 10.6 Å². The molecule has 0 saturated carbocycles. The van der Waals surface area contributed by atoms with Crippen LogP contribution in [0.5, 0.6) is 0 Å². The summed E-state index contributed by atoms with van der Waals surface area (Å²) in [5.41, 5.74) is 5.30. The van der Waals surface area contributed by atoms with Gasteiger partial charge in [0, 0.05) is 30.2 Å². The first kappa shape index (κ1) is 15.8. The number of hydrogen-bond donors (Lipinski definition) is 1. The van der Waals surface area contributed by atoms with Gasteiger partial charge in [-0.15, -0.1) is 11.8 Å². The minimum atomic E-state index is -0.340. The average Bonchev–Trinajstić information content (AvgIpc) is 2.49. The molecule has 1 atom stereocenters. The predicted octanol–water partition coefficient (Wildman–Crippen LogP) is 2.03. The molecule has 0 radical (unpaired) electrons. The molecule has 1 aromatic rings. The number of benzene rings is 1. The third-order valence-corrected chi connectivity index (χ3v) is 4.64. The van der Waals surface area contributed by atoms with Gasteiger partial charge in [-0.2, -0.15) is 0 Å². The van der Waals surface area contributed by atoms with Crippen LogP contribution in [0, 0.1) is 11.7 Å². The van der Waals surface area contributed by atoms with Gasteiger partial charge in [0.15, 0.2) is 0 Å². The molecular formula is C15H19FN2O2S. The molecule has 1 unspecified atom stereocenters. The molecule has 0 aliphatic carbocycles. The lowest BCUT2D eigenvalue weighted by molar-refractivity contribution is -0.134. The first-order chi connectivity index (χ1) is 10.1. The molecule has 0 spiro atoms. The summed E-state index contributed by atoms with van der Waals surface area (Å²) in [6, 6.07) is 6.53.